The predicted molar refractivity (Wildman–Crippen MR) is 62.8 cm³/mol. The molecule has 0 spiro atoms. The molecular formula is C12H24N2O. The van der Waals surface area contributed by atoms with Crippen molar-refractivity contribution in [1.82, 2.24) is 10.6 Å². The monoisotopic (exact) mass is 212 g/mol. The number of rotatable bonds is 2. The first-order valence-corrected chi connectivity index (χ1v) is 6.07. The first-order chi connectivity index (χ1) is 7.00. The zero-order chi connectivity index (χ0) is 11.4. The number of hydrogen-bond acceptors (Lipinski definition) is 1. The Morgan fingerprint density at radius 1 is 1.27 bits per heavy atom. The predicted octanol–water partition coefficient (Wildman–Crippen LogP) is 2.52. The van der Waals surface area contributed by atoms with E-state index in [9.17, 15) is 4.79 Å². The van der Waals surface area contributed by atoms with Crippen LogP contribution in [0.1, 0.15) is 47.0 Å². The van der Waals surface area contributed by atoms with Crippen molar-refractivity contribution in [2.24, 2.45) is 11.8 Å². The van der Waals surface area contributed by atoms with Crippen molar-refractivity contribution < 1.29 is 4.79 Å². The molecule has 2 amide bonds. The van der Waals surface area contributed by atoms with Gasteiger partial charge in [-0.05, 0) is 32.1 Å². The minimum Gasteiger partial charge on any atom is -0.336 e. The van der Waals surface area contributed by atoms with Crippen LogP contribution in [0.5, 0.6) is 0 Å². The molecule has 1 aliphatic carbocycles. The fourth-order valence-corrected chi connectivity index (χ4v) is 2.26. The van der Waals surface area contributed by atoms with E-state index in [2.05, 4.69) is 24.5 Å². The summed E-state index contributed by atoms with van der Waals surface area (Å²) in [4.78, 5) is 11.6. The Balaban J connectivity index is 2.39. The topological polar surface area (TPSA) is 41.1 Å². The molecule has 0 radical (unpaired) electrons. The summed E-state index contributed by atoms with van der Waals surface area (Å²) in [5.41, 5.74) is 0. The van der Waals surface area contributed by atoms with E-state index < -0.39 is 0 Å². The van der Waals surface area contributed by atoms with Gasteiger partial charge in [-0.3, -0.25) is 0 Å². The molecule has 0 saturated heterocycles. The smallest absolute Gasteiger partial charge is 0.315 e. The van der Waals surface area contributed by atoms with Crippen molar-refractivity contribution in [3.05, 3.63) is 0 Å². The van der Waals surface area contributed by atoms with Gasteiger partial charge >= 0.3 is 6.03 Å². The van der Waals surface area contributed by atoms with E-state index >= 15 is 0 Å². The third kappa shape index (κ3) is 3.73. The van der Waals surface area contributed by atoms with Gasteiger partial charge in [0.1, 0.15) is 0 Å². The fourth-order valence-electron chi connectivity index (χ4n) is 2.26. The van der Waals surface area contributed by atoms with E-state index in [1.54, 1.807) is 0 Å². The highest BCUT2D eigenvalue weighted by molar-refractivity contribution is 5.74. The van der Waals surface area contributed by atoms with E-state index in [1.165, 1.54) is 12.8 Å². The molecule has 2 N–H and O–H groups in total. The molecule has 3 atom stereocenters. The van der Waals surface area contributed by atoms with Gasteiger partial charge in [0.15, 0.2) is 0 Å². The van der Waals surface area contributed by atoms with Crippen LogP contribution in [-0.2, 0) is 0 Å². The van der Waals surface area contributed by atoms with Gasteiger partial charge in [0.2, 0.25) is 0 Å². The van der Waals surface area contributed by atoms with Gasteiger partial charge < -0.3 is 10.6 Å². The molecule has 3 unspecified atom stereocenters. The second kappa shape index (κ2) is 5.38. The summed E-state index contributed by atoms with van der Waals surface area (Å²) in [5.74, 6) is 1.32. The minimum absolute atomic E-state index is 0.0176. The van der Waals surface area contributed by atoms with Crippen molar-refractivity contribution >= 4 is 6.03 Å². The van der Waals surface area contributed by atoms with Crippen molar-refractivity contribution in [2.45, 2.75) is 59.0 Å². The van der Waals surface area contributed by atoms with Crippen molar-refractivity contribution in [3.8, 4) is 0 Å². The highest BCUT2D eigenvalue weighted by Gasteiger charge is 2.27. The van der Waals surface area contributed by atoms with Crippen LogP contribution >= 0.6 is 0 Å². The van der Waals surface area contributed by atoms with Crippen molar-refractivity contribution in [1.29, 1.82) is 0 Å². The molecule has 1 rings (SSSR count). The van der Waals surface area contributed by atoms with Crippen LogP contribution in [0.2, 0.25) is 0 Å². The molecule has 0 heterocycles. The lowest BCUT2D eigenvalue weighted by Crippen LogP contribution is -2.49. The van der Waals surface area contributed by atoms with Crippen LogP contribution in [0.25, 0.3) is 0 Å². The lowest BCUT2D eigenvalue weighted by molar-refractivity contribution is 0.194. The molecule has 1 aliphatic rings. The quantitative estimate of drug-likeness (QED) is 0.725. The van der Waals surface area contributed by atoms with Gasteiger partial charge in [0.25, 0.3) is 0 Å². The number of hydrogen-bond donors (Lipinski definition) is 2. The Labute approximate surface area is 93.0 Å². The lowest BCUT2D eigenvalue weighted by atomic mass is 9.78. The maximum atomic E-state index is 11.6. The number of carbonyl (C=O) groups excluding carboxylic acids is 1. The molecule has 0 aromatic carbocycles. The molecule has 3 nitrogen and oxygen atoms in total. The molecular weight excluding hydrogens is 188 g/mol. The summed E-state index contributed by atoms with van der Waals surface area (Å²) in [6.07, 6.45) is 3.65. The molecule has 1 saturated carbocycles. The van der Waals surface area contributed by atoms with Gasteiger partial charge in [0, 0.05) is 12.1 Å². The number of carbonyl (C=O) groups is 1. The summed E-state index contributed by atoms with van der Waals surface area (Å²) in [5, 5.41) is 5.96. The normalized spacial score (nSPS) is 31.4. The Kier molecular flexibility index (Phi) is 4.43. The Hall–Kier alpha value is -0.730. The third-order valence-corrected chi connectivity index (χ3v) is 3.44. The summed E-state index contributed by atoms with van der Waals surface area (Å²) in [6, 6.07) is 0.546. The molecule has 0 bridgehead atoms. The third-order valence-electron chi connectivity index (χ3n) is 3.44. The summed E-state index contributed by atoms with van der Waals surface area (Å²) < 4.78 is 0. The number of nitrogens with one attached hydrogen (secondary N) is 2. The zero-order valence-corrected chi connectivity index (χ0v) is 10.3. The van der Waals surface area contributed by atoms with Gasteiger partial charge in [-0.1, -0.05) is 26.7 Å². The largest absolute Gasteiger partial charge is 0.336 e. The molecule has 1 fully saturated rings. The van der Waals surface area contributed by atoms with E-state index in [4.69, 9.17) is 0 Å². The van der Waals surface area contributed by atoms with Crippen LogP contribution < -0.4 is 10.6 Å². The van der Waals surface area contributed by atoms with Crippen LogP contribution in [0, 0.1) is 11.8 Å². The standard InChI is InChI=1S/C12H24N2O/c1-8(2)13-12(15)14-11-7-5-6-9(3)10(11)4/h8-11H,5-7H2,1-4H3,(H2,13,14,15). The van der Waals surface area contributed by atoms with Crippen LogP contribution in [0.15, 0.2) is 0 Å². The van der Waals surface area contributed by atoms with Gasteiger partial charge in [-0.2, -0.15) is 0 Å². The summed E-state index contributed by atoms with van der Waals surface area (Å²) >= 11 is 0. The van der Waals surface area contributed by atoms with Crippen LogP contribution in [0.4, 0.5) is 4.79 Å². The molecule has 88 valence electrons. The average Bonchev–Trinajstić information content (AvgIpc) is 2.11. The fraction of sp³-hybridized carbons (Fsp3) is 0.917. The second-order valence-corrected chi connectivity index (χ2v) is 5.15. The first-order valence-electron chi connectivity index (χ1n) is 6.07. The lowest BCUT2D eigenvalue weighted by Gasteiger charge is -2.34. The number of urea groups is 1. The van der Waals surface area contributed by atoms with Gasteiger partial charge in [-0.25, -0.2) is 4.79 Å². The maximum Gasteiger partial charge on any atom is 0.315 e. The minimum atomic E-state index is -0.0176. The van der Waals surface area contributed by atoms with Crippen molar-refractivity contribution in [3.63, 3.8) is 0 Å². The van der Waals surface area contributed by atoms with Crippen molar-refractivity contribution in [2.75, 3.05) is 0 Å². The Morgan fingerprint density at radius 2 is 1.93 bits per heavy atom. The second-order valence-electron chi connectivity index (χ2n) is 5.15. The van der Waals surface area contributed by atoms with E-state index in [0.29, 0.717) is 12.0 Å². The van der Waals surface area contributed by atoms with Gasteiger partial charge in [-0.15, -0.1) is 0 Å². The molecule has 0 aliphatic heterocycles. The highest BCUT2D eigenvalue weighted by Crippen LogP contribution is 2.29. The molecule has 3 heteroatoms. The zero-order valence-electron chi connectivity index (χ0n) is 10.3. The van der Waals surface area contributed by atoms with E-state index in [-0.39, 0.29) is 12.1 Å². The van der Waals surface area contributed by atoms with E-state index in [1.807, 2.05) is 13.8 Å². The number of amides is 2. The molecule has 0 aromatic rings. The Morgan fingerprint density at radius 3 is 2.53 bits per heavy atom. The van der Waals surface area contributed by atoms with E-state index in [0.717, 1.165) is 12.3 Å². The highest BCUT2D eigenvalue weighted by atomic mass is 16.2. The first kappa shape index (κ1) is 12.3. The van der Waals surface area contributed by atoms with Crippen LogP contribution in [-0.4, -0.2) is 18.1 Å². The summed E-state index contributed by atoms with van der Waals surface area (Å²) in [6.45, 7) is 8.47. The molecule has 0 aromatic heterocycles. The summed E-state index contributed by atoms with van der Waals surface area (Å²) in [7, 11) is 0. The average molecular weight is 212 g/mol. The van der Waals surface area contributed by atoms with Crippen LogP contribution in [0.3, 0.4) is 0 Å². The Bertz CT molecular complexity index is 216. The van der Waals surface area contributed by atoms with Gasteiger partial charge in [0.05, 0.1) is 0 Å². The SMILES string of the molecule is CC(C)NC(=O)NC1CCCC(C)C1C. The maximum absolute atomic E-state index is 11.6. The molecule has 15 heavy (non-hydrogen) atoms.